The lowest BCUT2D eigenvalue weighted by molar-refractivity contribution is 0.0902. The van der Waals surface area contributed by atoms with Gasteiger partial charge in [0, 0.05) is 24.3 Å². The Hall–Kier alpha value is -1.36. The van der Waals surface area contributed by atoms with Crippen molar-refractivity contribution in [3.63, 3.8) is 0 Å². The van der Waals surface area contributed by atoms with Gasteiger partial charge in [-0.05, 0) is 34.6 Å². The van der Waals surface area contributed by atoms with Crippen molar-refractivity contribution in [3.05, 3.63) is 17.0 Å². The molecule has 0 aliphatic carbocycles. The maximum absolute atomic E-state index is 12.2. The van der Waals surface area contributed by atoms with Gasteiger partial charge in [-0.3, -0.25) is 9.48 Å². The third-order valence-electron chi connectivity index (χ3n) is 3.31. The van der Waals surface area contributed by atoms with E-state index in [-0.39, 0.29) is 11.9 Å². The highest BCUT2D eigenvalue weighted by molar-refractivity contribution is 5.96. The normalized spacial score (nSPS) is 13.6. The lowest BCUT2D eigenvalue weighted by atomic mass is 9.96. The van der Waals surface area contributed by atoms with E-state index in [1.54, 1.807) is 4.68 Å². The lowest BCUT2D eigenvalue weighted by Crippen LogP contribution is -2.54. The Balaban J connectivity index is 2.99. The van der Waals surface area contributed by atoms with E-state index in [2.05, 4.69) is 10.4 Å². The number of hydrogen-bond donors (Lipinski definition) is 2. The van der Waals surface area contributed by atoms with E-state index in [0.717, 1.165) is 11.4 Å². The topological polar surface area (TPSA) is 72.9 Å². The predicted octanol–water partition coefficient (Wildman–Crippen LogP) is 0.893. The summed E-state index contributed by atoms with van der Waals surface area (Å²) in [5, 5.41) is 7.18. The number of amides is 1. The van der Waals surface area contributed by atoms with Crippen molar-refractivity contribution in [2.45, 2.75) is 46.2 Å². The SMILES string of the molecule is Cc1nn(C)c(C)c1C(=O)NC(C)(C)C(C)N. The van der Waals surface area contributed by atoms with Crippen LogP contribution in [0.3, 0.4) is 0 Å². The second kappa shape index (κ2) is 4.49. The minimum absolute atomic E-state index is 0.115. The summed E-state index contributed by atoms with van der Waals surface area (Å²) in [5.74, 6) is -0.115. The van der Waals surface area contributed by atoms with Gasteiger partial charge in [0.05, 0.1) is 11.3 Å². The van der Waals surface area contributed by atoms with Crippen molar-refractivity contribution in [2.75, 3.05) is 0 Å². The molecule has 1 rings (SSSR count). The molecule has 0 aliphatic rings. The molecule has 0 aliphatic heterocycles. The summed E-state index contributed by atoms with van der Waals surface area (Å²) in [7, 11) is 1.83. The fourth-order valence-electron chi connectivity index (χ4n) is 1.57. The van der Waals surface area contributed by atoms with Gasteiger partial charge in [0.2, 0.25) is 0 Å². The Bertz CT molecular complexity index is 432. The smallest absolute Gasteiger partial charge is 0.255 e. The molecule has 3 N–H and O–H groups in total. The van der Waals surface area contributed by atoms with Crippen LogP contribution in [0.1, 0.15) is 42.5 Å². The lowest BCUT2D eigenvalue weighted by Gasteiger charge is -2.30. The van der Waals surface area contributed by atoms with E-state index in [9.17, 15) is 4.79 Å². The van der Waals surface area contributed by atoms with Gasteiger partial charge >= 0.3 is 0 Å². The average Bonchev–Trinajstić information content (AvgIpc) is 2.39. The van der Waals surface area contributed by atoms with Crippen molar-refractivity contribution >= 4 is 5.91 Å². The predicted molar refractivity (Wildman–Crippen MR) is 67.9 cm³/mol. The Labute approximate surface area is 102 Å². The van der Waals surface area contributed by atoms with Gasteiger partial charge in [0.15, 0.2) is 0 Å². The van der Waals surface area contributed by atoms with Crippen LogP contribution in [0.2, 0.25) is 0 Å². The summed E-state index contributed by atoms with van der Waals surface area (Å²) >= 11 is 0. The Morgan fingerprint density at radius 3 is 2.35 bits per heavy atom. The summed E-state index contributed by atoms with van der Waals surface area (Å²) in [6, 6.07) is -0.122. The highest BCUT2D eigenvalue weighted by Crippen LogP contribution is 2.14. The van der Waals surface area contributed by atoms with Crippen LogP contribution in [0.4, 0.5) is 0 Å². The van der Waals surface area contributed by atoms with Crippen LogP contribution in [0.5, 0.6) is 0 Å². The number of nitrogens with two attached hydrogens (primary N) is 1. The second-order valence-electron chi connectivity index (χ2n) is 5.13. The van der Waals surface area contributed by atoms with Crippen molar-refractivity contribution in [3.8, 4) is 0 Å². The van der Waals surface area contributed by atoms with E-state index in [0.29, 0.717) is 5.56 Å². The molecule has 0 saturated carbocycles. The van der Waals surface area contributed by atoms with Crippen LogP contribution in [0.25, 0.3) is 0 Å². The quantitative estimate of drug-likeness (QED) is 0.821. The molecule has 1 atom stereocenters. The summed E-state index contributed by atoms with van der Waals surface area (Å²) < 4.78 is 1.71. The third kappa shape index (κ3) is 2.66. The zero-order chi connectivity index (χ0) is 13.4. The largest absolute Gasteiger partial charge is 0.345 e. The Morgan fingerprint density at radius 2 is 2.00 bits per heavy atom. The number of rotatable bonds is 3. The highest BCUT2D eigenvalue weighted by atomic mass is 16.1. The number of aromatic nitrogens is 2. The molecule has 1 aromatic rings. The van der Waals surface area contributed by atoms with E-state index >= 15 is 0 Å². The van der Waals surface area contributed by atoms with E-state index in [4.69, 9.17) is 5.73 Å². The maximum Gasteiger partial charge on any atom is 0.255 e. The fourth-order valence-corrected chi connectivity index (χ4v) is 1.57. The maximum atomic E-state index is 12.2. The number of nitrogens with one attached hydrogen (secondary N) is 1. The molecule has 0 aromatic carbocycles. The average molecular weight is 238 g/mol. The standard InChI is InChI=1S/C12H22N4O/c1-7-10(8(2)16(6)15-7)11(17)14-12(4,5)9(3)13/h9H,13H2,1-6H3,(H,14,17). The molecule has 1 unspecified atom stereocenters. The fraction of sp³-hybridized carbons (Fsp3) is 0.667. The van der Waals surface area contributed by atoms with Gasteiger partial charge in [-0.25, -0.2) is 0 Å². The summed E-state index contributed by atoms with van der Waals surface area (Å²) in [4.78, 5) is 12.2. The first kappa shape index (κ1) is 13.7. The van der Waals surface area contributed by atoms with E-state index < -0.39 is 5.54 Å². The van der Waals surface area contributed by atoms with Crippen LogP contribution in [0, 0.1) is 13.8 Å². The molecule has 5 heteroatoms. The van der Waals surface area contributed by atoms with Crippen molar-refractivity contribution in [2.24, 2.45) is 12.8 Å². The number of nitrogens with zero attached hydrogens (tertiary/aromatic N) is 2. The first-order valence-electron chi connectivity index (χ1n) is 5.75. The van der Waals surface area contributed by atoms with E-state index in [1.165, 1.54) is 0 Å². The molecule has 0 saturated heterocycles. The third-order valence-corrected chi connectivity index (χ3v) is 3.31. The zero-order valence-electron chi connectivity index (χ0n) is 11.5. The highest BCUT2D eigenvalue weighted by Gasteiger charge is 2.27. The molecular weight excluding hydrogens is 216 g/mol. The first-order valence-corrected chi connectivity index (χ1v) is 5.75. The molecule has 1 aromatic heterocycles. The Kier molecular flexibility index (Phi) is 3.62. The Morgan fingerprint density at radius 1 is 1.47 bits per heavy atom. The molecule has 1 heterocycles. The molecule has 0 spiro atoms. The summed E-state index contributed by atoms with van der Waals surface area (Å²) in [6.07, 6.45) is 0. The van der Waals surface area contributed by atoms with E-state index in [1.807, 2.05) is 41.7 Å². The number of carbonyl (C=O) groups excluding carboxylic acids is 1. The summed E-state index contributed by atoms with van der Waals surface area (Å²) in [6.45, 7) is 9.42. The van der Waals surface area contributed by atoms with Crippen molar-refractivity contribution < 1.29 is 4.79 Å². The molecule has 0 radical (unpaired) electrons. The monoisotopic (exact) mass is 238 g/mol. The molecule has 17 heavy (non-hydrogen) atoms. The van der Waals surface area contributed by atoms with Crippen LogP contribution >= 0.6 is 0 Å². The second-order valence-corrected chi connectivity index (χ2v) is 5.13. The van der Waals surface area contributed by atoms with Crippen LogP contribution in [-0.4, -0.2) is 27.3 Å². The van der Waals surface area contributed by atoms with Crippen LogP contribution < -0.4 is 11.1 Å². The number of hydrogen-bond acceptors (Lipinski definition) is 3. The van der Waals surface area contributed by atoms with Gasteiger partial charge in [-0.1, -0.05) is 0 Å². The van der Waals surface area contributed by atoms with Gasteiger partial charge in [-0.2, -0.15) is 5.10 Å². The number of carbonyl (C=O) groups is 1. The van der Waals surface area contributed by atoms with Gasteiger partial charge < -0.3 is 11.1 Å². The van der Waals surface area contributed by atoms with Crippen molar-refractivity contribution in [1.82, 2.24) is 15.1 Å². The van der Waals surface area contributed by atoms with Crippen LogP contribution in [0.15, 0.2) is 0 Å². The van der Waals surface area contributed by atoms with Crippen LogP contribution in [-0.2, 0) is 7.05 Å². The zero-order valence-corrected chi connectivity index (χ0v) is 11.5. The van der Waals surface area contributed by atoms with Crippen molar-refractivity contribution in [1.29, 1.82) is 0 Å². The van der Waals surface area contributed by atoms with Gasteiger partial charge in [0.1, 0.15) is 0 Å². The molecule has 1 amide bonds. The molecule has 0 bridgehead atoms. The van der Waals surface area contributed by atoms with Gasteiger partial charge in [0.25, 0.3) is 5.91 Å². The molecule has 5 nitrogen and oxygen atoms in total. The minimum Gasteiger partial charge on any atom is -0.345 e. The summed E-state index contributed by atoms with van der Waals surface area (Å²) in [5.41, 5.74) is 7.64. The number of aryl methyl sites for hydroxylation is 2. The molecule has 0 fully saturated rings. The minimum atomic E-state index is -0.439. The van der Waals surface area contributed by atoms with Gasteiger partial charge in [-0.15, -0.1) is 0 Å². The molecular formula is C12H22N4O. The molecule has 96 valence electrons. The first-order chi connectivity index (χ1) is 7.66.